The van der Waals surface area contributed by atoms with Crippen LogP contribution in [0.25, 0.3) is 11.2 Å². The Hall–Kier alpha value is -2.57. The summed E-state index contributed by atoms with van der Waals surface area (Å²) in [6.07, 6.45) is -4.03. The fourth-order valence-electron chi connectivity index (χ4n) is 2.65. The van der Waals surface area contributed by atoms with Crippen LogP contribution in [0, 0.1) is 13.8 Å². The molecule has 0 saturated heterocycles. The lowest BCUT2D eigenvalue weighted by Crippen LogP contribution is -2.06. The number of nitrogens with one attached hydrogen (secondary N) is 1. The Bertz CT molecular complexity index is 900. The Morgan fingerprint density at radius 3 is 2.46 bits per heavy atom. The number of ether oxygens (including phenoxy) is 1. The van der Waals surface area contributed by atoms with Crippen molar-refractivity contribution < 1.29 is 17.9 Å². The minimum Gasteiger partial charge on any atom is -0.481 e. The summed E-state index contributed by atoms with van der Waals surface area (Å²) in [7, 11) is 1.44. The lowest BCUT2D eigenvalue weighted by atomic mass is 9.99. The summed E-state index contributed by atoms with van der Waals surface area (Å²) in [4.78, 5) is 9.89. The second-order valence-corrected chi connectivity index (χ2v) is 5.72. The van der Waals surface area contributed by atoms with Crippen LogP contribution in [0.5, 0.6) is 5.88 Å². The number of alkyl halides is 3. The van der Waals surface area contributed by atoms with E-state index in [1.54, 1.807) is 6.07 Å². The average molecular weight is 335 g/mol. The lowest BCUT2D eigenvalue weighted by molar-refractivity contribution is -0.144. The van der Waals surface area contributed by atoms with Gasteiger partial charge in [0.05, 0.1) is 12.6 Å². The third kappa shape index (κ3) is 3.06. The van der Waals surface area contributed by atoms with Crippen molar-refractivity contribution in [3.8, 4) is 5.88 Å². The summed E-state index contributed by atoms with van der Waals surface area (Å²) in [6, 6.07) is 7.68. The minimum absolute atomic E-state index is 0.0106. The molecule has 0 saturated carbocycles. The van der Waals surface area contributed by atoms with Crippen LogP contribution in [0.15, 0.2) is 24.3 Å². The zero-order chi connectivity index (χ0) is 17.5. The van der Waals surface area contributed by atoms with E-state index in [0.717, 1.165) is 16.7 Å². The van der Waals surface area contributed by atoms with E-state index in [2.05, 4.69) is 21.0 Å². The van der Waals surface area contributed by atoms with Crippen molar-refractivity contribution in [1.82, 2.24) is 15.0 Å². The molecule has 1 N–H and O–H groups in total. The largest absolute Gasteiger partial charge is 0.481 e. The quantitative estimate of drug-likeness (QED) is 0.781. The molecule has 0 bridgehead atoms. The van der Waals surface area contributed by atoms with Crippen LogP contribution in [0.2, 0.25) is 0 Å². The molecule has 3 rings (SSSR count). The minimum atomic E-state index is -4.54. The van der Waals surface area contributed by atoms with Gasteiger partial charge in [-0.15, -0.1) is 0 Å². The van der Waals surface area contributed by atoms with Gasteiger partial charge >= 0.3 is 6.18 Å². The molecule has 126 valence electrons. The van der Waals surface area contributed by atoms with E-state index in [-0.39, 0.29) is 17.0 Å². The number of hydrogen-bond donors (Lipinski definition) is 1. The molecule has 0 aliphatic rings. The van der Waals surface area contributed by atoms with Crippen LogP contribution >= 0.6 is 0 Å². The maximum absolute atomic E-state index is 12.8. The first-order valence-corrected chi connectivity index (χ1v) is 7.35. The number of aryl methyl sites for hydroxylation is 2. The predicted molar refractivity (Wildman–Crippen MR) is 84.2 cm³/mol. The van der Waals surface area contributed by atoms with Crippen molar-refractivity contribution in [1.29, 1.82) is 0 Å². The van der Waals surface area contributed by atoms with E-state index in [0.29, 0.717) is 12.0 Å². The summed E-state index contributed by atoms with van der Waals surface area (Å²) in [5.74, 6) is -0.779. The number of imidazole rings is 1. The Labute approximate surface area is 136 Å². The smallest absolute Gasteiger partial charge is 0.449 e. The molecule has 0 aliphatic carbocycles. The van der Waals surface area contributed by atoms with Gasteiger partial charge in [-0.1, -0.05) is 23.8 Å². The molecule has 1 aromatic carbocycles. The Kier molecular flexibility index (Phi) is 3.95. The Morgan fingerprint density at radius 1 is 1.08 bits per heavy atom. The molecule has 0 unspecified atom stereocenters. The number of rotatable bonds is 3. The number of fused-ring (bicyclic) bond motifs is 1. The first kappa shape index (κ1) is 16.3. The van der Waals surface area contributed by atoms with Crippen molar-refractivity contribution in [2.75, 3.05) is 7.11 Å². The maximum Gasteiger partial charge on any atom is 0.449 e. The molecule has 0 radical (unpaired) electrons. The van der Waals surface area contributed by atoms with Crippen molar-refractivity contribution in [3.05, 3.63) is 52.3 Å². The molecule has 0 fully saturated rings. The van der Waals surface area contributed by atoms with Crippen LogP contribution in [-0.2, 0) is 12.6 Å². The van der Waals surface area contributed by atoms with Gasteiger partial charge in [-0.2, -0.15) is 18.2 Å². The average Bonchev–Trinajstić information content (AvgIpc) is 2.92. The summed E-state index contributed by atoms with van der Waals surface area (Å²) < 4.78 is 43.6. The number of aromatic amines is 1. The summed E-state index contributed by atoms with van der Waals surface area (Å²) in [5.41, 5.74) is 4.26. The Morgan fingerprint density at radius 2 is 1.83 bits per heavy atom. The lowest BCUT2D eigenvalue weighted by Gasteiger charge is -2.10. The van der Waals surface area contributed by atoms with Crippen LogP contribution < -0.4 is 4.74 Å². The van der Waals surface area contributed by atoms with Crippen LogP contribution in [0.4, 0.5) is 13.2 Å². The highest BCUT2D eigenvalue weighted by atomic mass is 19.4. The SMILES string of the molecule is COc1nc2nc(C(F)(F)F)[nH]c2cc1Cc1ccc(C)cc1C. The fraction of sp³-hybridized carbons (Fsp3) is 0.294. The standard InChI is InChI=1S/C17H16F3N3O/c1-9-4-5-11(10(2)6-9)7-12-8-13-14(22-15(12)24-3)23-16(21-13)17(18,19)20/h4-6,8H,7H2,1-3H3,(H,21,22,23). The third-order valence-corrected chi connectivity index (χ3v) is 3.85. The van der Waals surface area contributed by atoms with E-state index in [9.17, 15) is 13.2 Å². The molecule has 24 heavy (non-hydrogen) atoms. The van der Waals surface area contributed by atoms with Crippen molar-refractivity contribution >= 4 is 11.2 Å². The normalized spacial score (nSPS) is 11.9. The highest BCUT2D eigenvalue weighted by Gasteiger charge is 2.35. The van der Waals surface area contributed by atoms with E-state index < -0.39 is 12.0 Å². The zero-order valence-corrected chi connectivity index (χ0v) is 13.5. The van der Waals surface area contributed by atoms with E-state index in [4.69, 9.17) is 4.74 Å². The van der Waals surface area contributed by atoms with Crippen molar-refractivity contribution in [2.24, 2.45) is 0 Å². The molecule has 2 heterocycles. The highest BCUT2D eigenvalue weighted by molar-refractivity contribution is 5.73. The van der Waals surface area contributed by atoms with Gasteiger partial charge in [0.15, 0.2) is 5.65 Å². The topological polar surface area (TPSA) is 50.8 Å². The van der Waals surface area contributed by atoms with Gasteiger partial charge in [0.25, 0.3) is 0 Å². The van der Waals surface area contributed by atoms with Crippen LogP contribution in [0.1, 0.15) is 28.1 Å². The van der Waals surface area contributed by atoms with Gasteiger partial charge in [0.1, 0.15) is 0 Å². The fourth-order valence-corrected chi connectivity index (χ4v) is 2.65. The number of hydrogen-bond acceptors (Lipinski definition) is 3. The van der Waals surface area contributed by atoms with Crippen LogP contribution in [0.3, 0.4) is 0 Å². The van der Waals surface area contributed by atoms with Gasteiger partial charge in [-0.05, 0) is 31.0 Å². The van der Waals surface area contributed by atoms with E-state index >= 15 is 0 Å². The Balaban J connectivity index is 2.06. The number of benzene rings is 1. The highest BCUT2D eigenvalue weighted by Crippen LogP contribution is 2.30. The first-order chi connectivity index (χ1) is 11.3. The van der Waals surface area contributed by atoms with Gasteiger partial charge in [0, 0.05) is 12.0 Å². The van der Waals surface area contributed by atoms with Crippen LogP contribution in [-0.4, -0.2) is 22.1 Å². The molecule has 0 atom stereocenters. The monoisotopic (exact) mass is 335 g/mol. The summed E-state index contributed by atoms with van der Waals surface area (Å²) >= 11 is 0. The summed E-state index contributed by atoms with van der Waals surface area (Å²) in [5, 5.41) is 0. The first-order valence-electron chi connectivity index (χ1n) is 7.35. The van der Waals surface area contributed by atoms with Gasteiger partial charge in [0.2, 0.25) is 11.7 Å². The molecular weight excluding hydrogens is 319 g/mol. The number of H-pyrrole nitrogens is 1. The number of halogens is 3. The molecule has 2 aromatic heterocycles. The van der Waals surface area contributed by atoms with E-state index in [1.807, 2.05) is 26.0 Å². The molecular formula is C17H16F3N3O. The maximum atomic E-state index is 12.8. The zero-order valence-electron chi connectivity index (χ0n) is 13.5. The number of nitrogens with zero attached hydrogens (tertiary/aromatic N) is 2. The van der Waals surface area contributed by atoms with Crippen molar-refractivity contribution in [2.45, 2.75) is 26.4 Å². The van der Waals surface area contributed by atoms with Gasteiger partial charge in [-0.25, -0.2) is 4.98 Å². The predicted octanol–water partition coefficient (Wildman–Crippen LogP) is 4.19. The summed E-state index contributed by atoms with van der Waals surface area (Å²) in [6.45, 7) is 4.01. The molecule has 4 nitrogen and oxygen atoms in total. The molecule has 7 heteroatoms. The number of aromatic nitrogens is 3. The van der Waals surface area contributed by atoms with Gasteiger partial charge in [-0.3, -0.25) is 0 Å². The second-order valence-electron chi connectivity index (χ2n) is 5.72. The molecule has 3 aromatic rings. The van der Waals surface area contributed by atoms with E-state index in [1.165, 1.54) is 7.11 Å². The second kappa shape index (κ2) is 5.81. The number of methoxy groups -OCH3 is 1. The van der Waals surface area contributed by atoms with Crippen molar-refractivity contribution in [3.63, 3.8) is 0 Å². The third-order valence-electron chi connectivity index (χ3n) is 3.85. The number of pyridine rings is 1. The molecule has 0 amide bonds. The molecule has 0 aliphatic heterocycles. The van der Waals surface area contributed by atoms with Gasteiger partial charge < -0.3 is 9.72 Å². The molecule has 0 spiro atoms.